The van der Waals surface area contributed by atoms with Crippen LogP contribution in [0.25, 0.3) is 0 Å². The Labute approximate surface area is 98.9 Å². The van der Waals surface area contributed by atoms with Crippen LogP contribution in [0, 0.1) is 5.41 Å². The fourth-order valence-electron chi connectivity index (χ4n) is 1.62. The van der Waals surface area contributed by atoms with Crippen LogP contribution in [-0.2, 0) is 4.79 Å². The molecule has 0 aromatic carbocycles. The summed E-state index contributed by atoms with van der Waals surface area (Å²) in [6.07, 6.45) is 6.08. The summed E-state index contributed by atoms with van der Waals surface area (Å²) >= 11 is 0. The van der Waals surface area contributed by atoms with E-state index in [1.54, 1.807) is 20.8 Å². The fraction of sp³-hybridized carbons (Fsp3) is 0.923. The average Bonchev–Trinajstić information content (AvgIpc) is 2.16. The van der Waals surface area contributed by atoms with Crippen molar-refractivity contribution in [1.82, 2.24) is 0 Å². The molecule has 0 spiro atoms. The average molecular weight is 230 g/mol. The van der Waals surface area contributed by atoms with Crippen LogP contribution in [0.5, 0.6) is 0 Å². The van der Waals surface area contributed by atoms with Gasteiger partial charge in [-0.3, -0.25) is 4.79 Å². The van der Waals surface area contributed by atoms with E-state index in [0.29, 0.717) is 6.42 Å². The molecule has 0 aliphatic carbocycles. The van der Waals surface area contributed by atoms with Crippen LogP contribution in [0.2, 0.25) is 0 Å². The molecule has 0 saturated carbocycles. The lowest BCUT2D eigenvalue weighted by molar-refractivity contribution is -0.163. The molecule has 16 heavy (non-hydrogen) atoms. The number of aliphatic hydroxyl groups is 1. The van der Waals surface area contributed by atoms with E-state index in [0.717, 1.165) is 12.8 Å². The molecule has 0 aliphatic heterocycles. The summed E-state index contributed by atoms with van der Waals surface area (Å²) in [7, 11) is 0. The summed E-state index contributed by atoms with van der Waals surface area (Å²) in [5, 5.41) is 19.2. The van der Waals surface area contributed by atoms with Crippen LogP contribution < -0.4 is 0 Å². The van der Waals surface area contributed by atoms with Crippen LogP contribution in [0.15, 0.2) is 0 Å². The Morgan fingerprint density at radius 3 is 2.00 bits per heavy atom. The van der Waals surface area contributed by atoms with Crippen LogP contribution in [0.1, 0.15) is 66.2 Å². The first-order chi connectivity index (χ1) is 7.25. The van der Waals surface area contributed by atoms with Gasteiger partial charge in [-0.15, -0.1) is 0 Å². The summed E-state index contributed by atoms with van der Waals surface area (Å²) in [4.78, 5) is 11.0. The van der Waals surface area contributed by atoms with E-state index in [4.69, 9.17) is 5.11 Å². The molecule has 3 heteroatoms. The Hall–Kier alpha value is -0.570. The number of carboxylic acids is 1. The van der Waals surface area contributed by atoms with Gasteiger partial charge in [-0.05, 0) is 27.2 Å². The molecule has 1 atom stereocenters. The zero-order chi connectivity index (χ0) is 12.8. The van der Waals surface area contributed by atoms with E-state index >= 15 is 0 Å². The third-order valence-corrected chi connectivity index (χ3v) is 3.65. The molecule has 0 saturated heterocycles. The summed E-state index contributed by atoms with van der Waals surface area (Å²) in [5.41, 5.74) is -2.22. The summed E-state index contributed by atoms with van der Waals surface area (Å²) in [6.45, 7) is 6.95. The first-order valence-corrected chi connectivity index (χ1v) is 6.21. The Morgan fingerprint density at radius 1 is 1.06 bits per heavy atom. The smallest absolute Gasteiger partial charge is 0.311 e. The van der Waals surface area contributed by atoms with E-state index in [2.05, 4.69) is 6.92 Å². The lowest BCUT2D eigenvalue weighted by Gasteiger charge is -2.36. The number of rotatable bonds is 8. The first-order valence-electron chi connectivity index (χ1n) is 6.21. The predicted octanol–water partition coefficient (Wildman–Crippen LogP) is 3.21. The second-order valence-corrected chi connectivity index (χ2v) is 5.37. The number of aliphatic carboxylic acids is 1. The molecule has 0 radical (unpaired) electrons. The third kappa shape index (κ3) is 4.12. The first kappa shape index (κ1) is 15.4. The van der Waals surface area contributed by atoms with E-state index in [-0.39, 0.29) is 0 Å². The van der Waals surface area contributed by atoms with Gasteiger partial charge in [0.25, 0.3) is 0 Å². The van der Waals surface area contributed by atoms with Crippen molar-refractivity contribution in [1.29, 1.82) is 0 Å². The molecule has 0 bridgehead atoms. The van der Waals surface area contributed by atoms with Gasteiger partial charge in [0, 0.05) is 0 Å². The molecule has 1 unspecified atom stereocenters. The Balaban J connectivity index is 4.09. The minimum Gasteiger partial charge on any atom is -0.481 e. The highest BCUT2D eigenvalue weighted by Crippen LogP contribution is 2.35. The van der Waals surface area contributed by atoms with Crippen LogP contribution >= 0.6 is 0 Å². The number of unbranched alkanes of at least 4 members (excludes halogenated alkanes) is 4. The minimum absolute atomic E-state index is 0.552. The molecule has 2 N–H and O–H groups in total. The van der Waals surface area contributed by atoms with Crippen molar-refractivity contribution in [3.8, 4) is 0 Å². The number of hydrogen-bond acceptors (Lipinski definition) is 2. The van der Waals surface area contributed by atoms with Gasteiger partial charge in [0.05, 0.1) is 11.0 Å². The maximum Gasteiger partial charge on any atom is 0.311 e. The minimum atomic E-state index is -1.13. The van der Waals surface area contributed by atoms with Gasteiger partial charge in [0.1, 0.15) is 0 Å². The number of hydrogen-bond donors (Lipinski definition) is 2. The van der Waals surface area contributed by atoms with Crippen molar-refractivity contribution in [2.75, 3.05) is 0 Å². The molecular formula is C13H26O3. The van der Waals surface area contributed by atoms with Crippen molar-refractivity contribution in [2.45, 2.75) is 71.8 Å². The Bertz CT molecular complexity index is 219. The maximum atomic E-state index is 11.0. The largest absolute Gasteiger partial charge is 0.481 e. The monoisotopic (exact) mass is 230 g/mol. The zero-order valence-corrected chi connectivity index (χ0v) is 11.0. The van der Waals surface area contributed by atoms with Crippen molar-refractivity contribution in [3.05, 3.63) is 0 Å². The van der Waals surface area contributed by atoms with E-state index in [1.165, 1.54) is 19.3 Å². The molecule has 0 aromatic rings. The topological polar surface area (TPSA) is 57.5 Å². The van der Waals surface area contributed by atoms with Crippen LogP contribution in [-0.4, -0.2) is 21.8 Å². The van der Waals surface area contributed by atoms with Crippen molar-refractivity contribution < 1.29 is 15.0 Å². The fourth-order valence-corrected chi connectivity index (χ4v) is 1.62. The van der Waals surface area contributed by atoms with Crippen molar-refractivity contribution in [3.63, 3.8) is 0 Å². The highest BCUT2D eigenvalue weighted by atomic mass is 16.4. The van der Waals surface area contributed by atoms with Gasteiger partial charge in [-0.25, -0.2) is 0 Å². The molecule has 0 amide bonds. The van der Waals surface area contributed by atoms with E-state index < -0.39 is 17.0 Å². The highest BCUT2D eigenvalue weighted by molar-refractivity contribution is 5.75. The molecule has 0 fully saturated rings. The lowest BCUT2D eigenvalue weighted by atomic mass is 9.73. The van der Waals surface area contributed by atoms with Crippen LogP contribution in [0.4, 0.5) is 0 Å². The van der Waals surface area contributed by atoms with E-state index in [9.17, 15) is 9.90 Å². The summed E-state index contributed by atoms with van der Waals surface area (Å²) < 4.78 is 0. The molecule has 96 valence electrons. The number of carbonyl (C=O) groups is 1. The normalized spacial score (nSPS) is 15.8. The van der Waals surface area contributed by atoms with Gasteiger partial charge in [-0.2, -0.15) is 0 Å². The van der Waals surface area contributed by atoms with Crippen LogP contribution in [0.3, 0.4) is 0 Å². The Kier molecular flexibility index (Phi) is 6.01. The second kappa shape index (κ2) is 6.24. The highest BCUT2D eigenvalue weighted by Gasteiger charge is 2.44. The Morgan fingerprint density at radius 2 is 1.56 bits per heavy atom. The molecule has 0 heterocycles. The van der Waals surface area contributed by atoms with Gasteiger partial charge < -0.3 is 10.2 Å². The second-order valence-electron chi connectivity index (χ2n) is 5.37. The predicted molar refractivity (Wildman–Crippen MR) is 65.4 cm³/mol. The van der Waals surface area contributed by atoms with Crippen molar-refractivity contribution in [2.24, 2.45) is 5.41 Å². The van der Waals surface area contributed by atoms with Gasteiger partial charge in [0.15, 0.2) is 0 Å². The SMILES string of the molecule is CCCCCCCC(C)(O)C(C)(C)C(=O)O. The molecular weight excluding hydrogens is 204 g/mol. The van der Waals surface area contributed by atoms with Gasteiger partial charge in [-0.1, -0.05) is 39.0 Å². The quantitative estimate of drug-likeness (QED) is 0.629. The number of carboxylic acid groups (broad SMARTS) is 1. The zero-order valence-electron chi connectivity index (χ0n) is 11.0. The van der Waals surface area contributed by atoms with Crippen molar-refractivity contribution >= 4 is 5.97 Å². The molecule has 0 rings (SSSR count). The van der Waals surface area contributed by atoms with E-state index in [1.807, 2.05) is 0 Å². The lowest BCUT2D eigenvalue weighted by Crippen LogP contribution is -2.47. The molecule has 0 aliphatic rings. The summed E-state index contributed by atoms with van der Waals surface area (Å²) in [6, 6.07) is 0. The van der Waals surface area contributed by atoms with Gasteiger partial charge >= 0.3 is 5.97 Å². The summed E-state index contributed by atoms with van der Waals surface area (Å²) in [5.74, 6) is -0.939. The van der Waals surface area contributed by atoms with Gasteiger partial charge in [0.2, 0.25) is 0 Å². The standard InChI is InChI=1S/C13H26O3/c1-5-6-7-8-9-10-13(4,16)12(2,3)11(14)15/h16H,5-10H2,1-4H3,(H,14,15). The maximum absolute atomic E-state index is 11.0. The molecule has 3 nitrogen and oxygen atoms in total. The molecule has 0 aromatic heterocycles. The third-order valence-electron chi connectivity index (χ3n) is 3.65.